The molecule has 24 heavy (non-hydrogen) atoms. The first-order valence-corrected chi connectivity index (χ1v) is 9.37. The van der Waals surface area contributed by atoms with Crippen molar-refractivity contribution in [1.29, 1.82) is 0 Å². The van der Waals surface area contributed by atoms with Crippen LogP contribution >= 0.6 is 0 Å². The molecule has 1 aromatic rings. The molecule has 5 nitrogen and oxygen atoms in total. The summed E-state index contributed by atoms with van der Waals surface area (Å²) in [5.74, 6) is 0.905. The van der Waals surface area contributed by atoms with Gasteiger partial charge < -0.3 is 15.2 Å². The third-order valence-electron chi connectivity index (χ3n) is 3.99. The molecular formula is C19H34N4O. The highest BCUT2D eigenvalue weighted by Crippen LogP contribution is 1.99. The van der Waals surface area contributed by atoms with Gasteiger partial charge in [-0.2, -0.15) is 0 Å². The predicted octanol–water partition coefficient (Wildman–Crippen LogP) is 3.07. The zero-order chi connectivity index (χ0) is 17.6. The fraction of sp³-hybridized carbons (Fsp3) is 0.684. The van der Waals surface area contributed by atoms with E-state index < -0.39 is 0 Å². The van der Waals surface area contributed by atoms with Crippen LogP contribution in [0, 0.1) is 6.92 Å². The van der Waals surface area contributed by atoms with E-state index in [2.05, 4.69) is 29.5 Å². The Labute approximate surface area is 146 Å². The van der Waals surface area contributed by atoms with E-state index in [0.717, 1.165) is 57.1 Å². The molecule has 0 aliphatic heterocycles. The Morgan fingerprint density at radius 1 is 1.08 bits per heavy atom. The number of hydrogen-bond acceptors (Lipinski definition) is 2. The molecule has 1 rings (SSSR count). The van der Waals surface area contributed by atoms with Crippen molar-refractivity contribution in [3.63, 3.8) is 0 Å². The van der Waals surface area contributed by atoms with Gasteiger partial charge in [-0.05, 0) is 39.2 Å². The molecule has 0 saturated carbocycles. The number of rotatable bonds is 11. The van der Waals surface area contributed by atoms with Crippen molar-refractivity contribution in [1.82, 2.24) is 15.2 Å². The number of nitrogens with zero attached hydrogens (tertiary/aromatic N) is 2. The first kappa shape index (κ1) is 20.3. The Kier molecular flexibility index (Phi) is 10.7. The minimum atomic E-state index is 0.0879. The van der Waals surface area contributed by atoms with Crippen LogP contribution in [-0.4, -0.2) is 30.2 Å². The molecule has 0 saturated heterocycles. The number of aliphatic imine (C=N–C) groups is 1. The topological polar surface area (TPSA) is 58.4 Å². The monoisotopic (exact) mass is 334 g/mol. The van der Waals surface area contributed by atoms with Crippen LogP contribution in [0.5, 0.6) is 0 Å². The van der Waals surface area contributed by atoms with Crippen LogP contribution in [0.1, 0.15) is 58.1 Å². The van der Waals surface area contributed by atoms with Gasteiger partial charge in [-0.3, -0.25) is 9.79 Å². The lowest BCUT2D eigenvalue weighted by atomic mass is 10.2. The van der Waals surface area contributed by atoms with Crippen molar-refractivity contribution in [2.75, 3.05) is 19.6 Å². The molecule has 0 unspecified atom stereocenters. The average Bonchev–Trinajstić information content (AvgIpc) is 2.56. The predicted molar refractivity (Wildman–Crippen MR) is 103 cm³/mol. The normalized spacial score (nSPS) is 11.5. The first-order valence-electron chi connectivity index (χ1n) is 9.37. The Bertz CT molecular complexity index is 536. The van der Waals surface area contributed by atoms with Crippen molar-refractivity contribution in [2.24, 2.45) is 4.99 Å². The first-order chi connectivity index (χ1) is 11.7. The second kappa shape index (κ2) is 12.6. The Hall–Kier alpha value is -1.78. The van der Waals surface area contributed by atoms with Gasteiger partial charge in [0.25, 0.3) is 5.56 Å². The maximum atomic E-state index is 11.8. The molecule has 0 aliphatic rings. The maximum absolute atomic E-state index is 11.8. The quantitative estimate of drug-likeness (QED) is 0.371. The highest BCUT2D eigenvalue weighted by Gasteiger charge is 2.00. The molecule has 0 aromatic carbocycles. The summed E-state index contributed by atoms with van der Waals surface area (Å²) in [4.78, 5) is 16.4. The molecule has 0 bridgehead atoms. The van der Waals surface area contributed by atoms with Crippen LogP contribution < -0.4 is 16.2 Å². The molecule has 0 fully saturated rings. The lowest BCUT2D eigenvalue weighted by molar-refractivity contribution is 0.574. The van der Waals surface area contributed by atoms with Gasteiger partial charge in [0.05, 0.1) is 0 Å². The van der Waals surface area contributed by atoms with Crippen molar-refractivity contribution in [3.05, 3.63) is 34.2 Å². The Balaban J connectivity index is 2.27. The van der Waals surface area contributed by atoms with Gasteiger partial charge in [-0.1, -0.05) is 32.3 Å². The van der Waals surface area contributed by atoms with Gasteiger partial charge in [0, 0.05) is 37.9 Å². The van der Waals surface area contributed by atoms with Gasteiger partial charge in [-0.15, -0.1) is 0 Å². The van der Waals surface area contributed by atoms with E-state index in [0.29, 0.717) is 0 Å². The molecule has 0 amide bonds. The molecule has 0 atom stereocenters. The number of unbranched alkanes of at least 4 members (excludes halogenated alkanes) is 4. The van der Waals surface area contributed by atoms with E-state index in [4.69, 9.17) is 0 Å². The van der Waals surface area contributed by atoms with Gasteiger partial charge >= 0.3 is 0 Å². The number of hydrogen-bond donors (Lipinski definition) is 2. The van der Waals surface area contributed by atoms with Crippen LogP contribution in [0.3, 0.4) is 0 Å². The van der Waals surface area contributed by atoms with E-state index in [1.807, 2.05) is 23.6 Å². The van der Waals surface area contributed by atoms with Crippen molar-refractivity contribution >= 4 is 5.96 Å². The second-order valence-corrected chi connectivity index (χ2v) is 6.11. The zero-order valence-corrected chi connectivity index (χ0v) is 15.6. The third-order valence-corrected chi connectivity index (χ3v) is 3.99. The number of aryl methyl sites for hydroxylation is 1. The summed E-state index contributed by atoms with van der Waals surface area (Å²) in [5.41, 5.74) is 1.11. The summed E-state index contributed by atoms with van der Waals surface area (Å²) in [7, 11) is 0. The Morgan fingerprint density at radius 3 is 2.62 bits per heavy atom. The van der Waals surface area contributed by atoms with E-state index in [1.54, 1.807) is 6.07 Å². The molecule has 5 heteroatoms. The number of pyridine rings is 1. The van der Waals surface area contributed by atoms with E-state index in [9.17, 15) is 4.79 Å². The standard InChI is InChI=1S/C19H34N4O/c1-4-6-7-8-14-21-19(20-5-2)22-15-9-10-16-23-17(3)12-11-13-18(23)24/h11-13H,4-10,14-16H2,1-3H3,(H2,20,21,22). The molecule has 0 radical (unpaired) electrons. The summed E-state index contributed by atoms with van der Waals surface area (Å²) in [6, 6.07) is 5.42. The minimum absolute atomic E-state index is 0.0879. The van der Waals surface area contributed by atoms with Crippen molar-refractivity contribution in [2.45, 2.75) is 65.8 Å². The summed E-state index contributed by atoms with van der Waals surface area (Å²) >= 11 is 0. The van der Waals surface area contributed by atoms with Crippen molar-refractivity contribution < 1.29 is 0 Å². The second-order valence-electron chi connectivity index (χ2n) is 6.11. The molecule has 2 N–H and O–H groups in total. The van der Waals surface area contributed by atoms with Crippen LogP contribution in [-0.2, 0) is 6.54 Å². The maximum Gasteiger partial charge on any atom is 0.250 e. The molecule has 0 spiro atoms. The lowest BCUT2D eigenvalue weighted by Crippen LogP contribution is -2.38. The number of nitrogens with one attached hydrogen (secondary N) is 2. The largest absolute Gasteiger partial charge is 0.357 e. The third kappa shape index (κ3) is 8.18. The Morgan fingerprint density at radius 2 is 1.92 bits per heavy atom. The molecule has 0 aliphatic carbocycles. The van der Waals surface area contributed by atoms with Gasteiger partial charge in [0.2, 0.25) is 0 Å². The summed E-state index contributed by atoms with van der Waals surface area (Å²) in [5, 5.41) is 6.66. The van der Waals surface area contributed by atoms with E-state index in [-0.39, 0.29) is 5.56 Å². The van der Waals surface area contributed by atoms with E-state index in [1.165, 1.54) is 19.3 Å². The number of guanidine groups is 1. The fourth-order valence-corrected chi connectivity index (χ4v) is 2.58. The van der Waals surface area contributed by atoms with Crippen LogP contribution in [0.2, 0.25) is 0 Å². The zero-order valence-electron chi connectivity index (χ0n) is 15.6. The van der Waals surface area contributed by atoms with E-state index >= 15 is 0 Å². The number of aromatic nitrogens is 1. The molecular weight excluding hydrogens is 300 g/mol. The summed E-state index contributed by atoms with van der Waals surface area (Å²) in [6.07, 6.45) is 6.95. The van der Waals surface area contributed by atoms with Crippen LogP contribution in [0.15, 0.2) is 28.0 Å². The van der Waals surface area contributed by atoms with Gasteiger partial charge in [0.15, 0.2) is 5.96 Å². The SMILES string of the molecule is CCCCCCN=C(NCC)NCCCCn1c(C)cccc1=O. The molecule has 1 heterocycles. The summed E-state index contributed by atoms with van der Waals surface area (Å²) < 4.78 is 1.84. The highest BCUT2D eigenvalue weighted by molar-refractivity contribution is 5.79. The lowest BCUT2D eigenvalue weighted by Gasteiger charge is -2.12. The van der Waals surface area contributed by atoms with Crippen LogP contribution in [0.25, 0.3) is 0 Å². The smallest absolute Gasteiger partial charge is 0.250 e. The highest BCUT2D eigenvalue weighted by atomic mass is 16.1. The molecule has 136 valence electrons. The fourth-order valence-electron chi connectivity index (χ4n) is 2.58. The van der Waals surface area contributed by atoms with Gasteiger partial charge in [-0.25, -0.2) is 0 Å². The average molecular weight is 335 g/mol. The summed E-state index contributed by atoms with van der Waals surface area (Å²) in [6.45, 7) is 9.69. The van der Waals surface area contributed by atoms with Gasteiger partial charge in [0.1, 0.15) is 0 Å². The van der Waals surface area contributed by atoms with Crippen LogP contribution in [0.4, 0.5) is 0 Å². The minimum Gasteiger partial charge on any atom is -0.357 e. The molecule has 1 aromatic heterocycles. The van der Waals surface area contributed by atoms with Crippen molar-refractivity contribution in [3.8, 4) is 0 Å².